The molecule has 0 aliphatic heterocycles. The van der Waals surface area contributed by atoms with Crippen molar-refractivity contribution in [3.63, 3.8) is 0 Å². The number of nitrogens with one attached hydrogen (secondary N) is 1. The van der Waals surface area contributed by atoms with Gasteiger partial charge in [-0.25, -0.2) is 0 Å². The minimum atomic E-state index is -1.05. The average Bonchev–Trinajstić information content (AvgIpc) is 3.07. The van der Waals surface area contributed by atoms with Crippen LogP contribution in [-0.4, -0.2) is 23.0 Å². The van der Waals surface area contributed by atoms with Crippen molar-refractivity contribution in [3.05, 3.63) is 33.8 Å². The van der Waals surface area contributed by atoms with Crippen LogP contribution < -0.4 is 5.32 Å². The van der Waals surface area contributed by atoms with Crippen molar-refractivity contribution >= 4 is 35.1 Å². The van der Waals surface area contributed by atoms with Crippen LogP contribution in [0.25, 0.3) is 0 Å². The third-order valence-corrected chi connectivity index (χ3v) is 3.61. The molecule has 4 nitrogen and oxygen atoms in total. The van der Waals surface area contributed by atoms with Gasteiger partial charge >= 0.3 is 5.97 Å². The van der Waals surface area contributed by atoms with Crippen LogP contribution >= 0.6 is 23.2 Å². The summed E-state index contributed by atoms with van der Waals surface area (Å²) in [4.78, 5) is 22.5. The summed E-state index contributed by atoms with van der Waals surface area (Å²) in [5, 5.41) is 12.3. The number of halogens is 2. The van der Waals surface area contributed by atoms with Crippen molar-refractivity contribution in [1.82, 2.24) is 5.32 Å². The van der Waals surface area contributed by atoms with Gasteiger partial charge in [-0.05, 0) is 43.0 Å². The second kappa shape index (κ2) is 5.39. The maximum absolute atomic E-state index is 11.8. The highest BCUT2D eigenvalue weighted by atomic mass is 35.5. The molecule has 1 aliphatic rings. The van der Waals surface area contributed by atoms with Gasteiger partial charge in [0.05, 0.1) is 0 Å². The largest absolute Gasteiger partial charge is 0.480 e. The summed E-state index contributed by atoms with van der Waals surface area (Å²) in [6, 6.07) is 4.32. The zero-order valence-corrected chi connectivity index (χ0v) is 11.7. The summed E-state index contributed by atoms with van der Waals surface area (Å²) in [6.45, 7) is 1.44. The molecule has 1 saturated carbocycles. The van der Waals surface area contributed by atoms with Crippen molar-refractivity contribution in [2.24, 2.45) is 5.92 Å². The summed E-state index contributed by atoms with van der Waals surface area (Å²) in [5.41, 5.74) is 0.917. The molecular formula is C13H13Cl2NO3. The molecular weight excluding hydrogens is 289 g/mol. The van der Waals surface area contributed by atoms with Gasteiger partial charge in [0.15, 0.2) is 0 Å². The summed E-state index contributed by atoms with van der Waals surface area (Å²) < 4.78 is 0. The first kappa shape index (κ1) is 14.2. The molecule has 1 amide bonds. The summed E-state index contributed by atoms with van der Waals surface area (Å²) in [5.74, 6) is -1.42. The average molecular weight is 302 g/mol. The molecule has 19 heavy (non-hydrogen) atoms. The van der Waals surface area contributed by atoms with Gasteiger partial charge < -0.3 is 10.4 Å². The van der Waals surface area contributed by atoms with E-state index in [1.807, 2.05) is 0 Å². The van der Waals surface area contributed by atoms with Gasteiger partial charge in [-0.1, -0.05) is 23.2 Å². The lowest BCUT2D eigenvalue weighted by Gasteiger charge is -2.09. The molecule has 0 saturated heterocycles. The van der Waals surface area contributed by atoms with E-state index >= 15 is 0 Å². The second-order valence-electron chi connectivity index (χ2n) is 4.72. The Morgan fingerprint density at radius 1 is 1.32 bits per heavy atom. The summed E-state index contributed by atoms with van der Waals surface area (Å²) >= 11 is 11.8. The fraction of sp³-hybridized carbons (Fsp3) is 0.385. The first-order valence-electron chi connectivity index (χ1n) is 5.87. The Morgan fingerprint density at radius 2 is 1.89 bits per heavy atom. The molecule has 2 N–H and O–H groups in total. The minimum Gasteiger partial charge on any atom is -0.480 e. The molecule has 0 bridgehead atoms. The predicted octanol–water partition coefficient (Wildman–Crippen LogP) is 2.69. The van der Waals surface area contributed by atoms with E-state index in [2.05, 4.69) is 5.32 Å². The molecule has 0 spiro atoms. The SMILES string of the molecule is CC(NC(=O)C1CC1c1cc(Cl)cc(Cl)c1)C(=O)O. The van der Waals surface area contributed by atoms with Crippen molar-refractivity contribution in [3.8, 4) is 0 Å². The quantitative estimate of drug-likeness (QED) is 0.898. The minimum absolute atomic E-state index is 0.0668. The number of carbonyl (C=O) groups excluding carboxylic acids is 1. The standard InChI is InChI=1S/C13H13Cl2NO3/c1-6(13(18)19)16-12(17)11-5-10(11)7-2-8(14)4-9(15)3-7/h2-4,6,10-11H,5H2,1H3,(H,16,17)(H,18,19). The molecule has 0 radical (unpaired) electrons. The highest BCUT2D eigenvalue weighted by Gasteiger charge is 2.44. The van der Waals surface area contributed by atoms with Crippen molar-refractivity contribution < 1.29 is 14.7 Å². The fourth-order valence-corrected chi connectivity index (χ4v) is 2.57. The van der Waals surface area contributed by atoms with Crippen LogP contribution in [0.2, 0.25) is 10.0 Å². The molecule has 102 valence electrons. The Labute approximate surface area is 120 Å². The molecule has 1 aliphatic carbocycles. The van der Waals surface area contributed by atoms with E-state index in [1.165, 1.54) is 6.92 Å². The van der Waals surface area contributed by atoms with Gasteiger partial charge in [-0.2, -0.15) is 0 Å². The number of carboxylic acid groups (broad SMARTS) is 1. The van der Waals surface area contributed by atoms with Crippen molar-refractivity contribution in [2.45, 2.75) is 25.3 Å². The lowest BCUT2D eigenvalue weighted by atomic mass is 10.1. The van der Waals surface area contributed by atoms with Crippen LogP contribution in [0.1, 0.15) is 24.8 Å². The van der Waals surface area contributed by atoms with E-state index in [9.17, 15) is 9.59 Å². The summed E-state index contributed by atoms with van der Waals surface area (Å²) in [7, 11) is 0. The van der Waals surface area contributed by atoms with Crippen LogP contribution in [0.5, 0.6) is 0 Å². The molecule has 0 aromatic heterocycles. The van der Waals surface area contributed by atoms with E-state index in [-0.39, 0.29) is 17.7 Å². The number of amides is 1. The van der Waals surface area contributed by atoms with Gasteiger partial charge in [0.1, 0.15) is 6.04 Å². The topological polar surface area (TPSA) is 66.4 Å². The fourth-order valence-electron chi connectivity index (χ4n) is 2.02. The zero-order chi connectivity index (χ0) is 14.2. The summed E-state index contributed by atoms with van der Waals surface area (Å²) in [6.07, 6.45) is 0.689. The molecule has 0 heterocycles. The first-order chi connectivity index (χ1) is 8.88. The van der Waals surface area contributed by atoms with Gasteiger partial charge in [0, 0.05) is 16.0 Å². The third kappa shape index (κ3) is 3.39. The van der Waals surface area contributed by atoms with E-state index in [0.717, 1.165) is 5.56 Å². The lowest BCUT2D eigenvalue weighted by Crippen LogP contribution is -2.39. The Morgan fingerprint density at radius 3 is 2.42 bits per heavy atom. The molecule has 1 aromatic rings. The molecule has 1 fully saturated rings. The van der Waals surface area contributed by atoms with Crippen molar-refractivity contribution in [1.29, 1.82) is 0 Å². The number of aliphatic carboxylic acids is 1. The maximum Gasteiger partial charge on any atom is 0.325 e. The molecule has 3 unspecified atom stereocenters. The first-order valence-corrected chi connectivity index (χ1v) is 6.63. The number of carboxylic acids is 1. The molecule has 3 atom stereocenters. The Kier molecular flexibility index (Phi) is 4.02. The molecule has 2 rings (SSSR count). The van der Waals surface area contributed by atoms with E-state index in [1.54, 1.807) is 18.2 Å². The molecule has 1 aromatic carbocycles. The highest BCUT2D eigenvalue weighted by Crippen LogP contribution is 2.48. The van der Waals surface area contributed by atoms with Crippen LogP contribution in [-0.2, 0) is 9.59 Å². The van der Waals surface area contributed by atoms with E-state index < -0.39 is 12.0 Å². The zero-order valence-electron chi connectivity index (χ0n) is 10.2. The van der Waals surface area contributed by atoms with Crippen LogP contribution in [0, 0.1) is 5.92 Å². The van der Waals surface area contributed by atoms with Gasteiger partial charge in [0.2, 0.25) is 5.91 Å². The van der Waals surface area contributed by atoms with Gasteiger partial charge in [0.25, 0.3) is 0 Å². The van der Waals surface area contributed by atoms with E-state index in [4.69, 9.17) is 28.3 Å². The second-order valence-corrected chi connectivity index (χ2v) is 5.59. The van der Waals surface area contributed by atoms with Gasteiger partial charge in [-0.15, -0.1) is 0 Å². The number of hydrogen-bond acceptors (Lipinski definition) is 2. The van der Waals surface area contributed by atoms with Crippen LogP contribution in [0.15, 0.2) is 18.2 Å². The Balaban J connectivity index is 2.00. The Bertz CT molecular complexity index is 512. The number of carbonyl (C=O) groups is 2. The maximum atomic E-state index is 11.8. The highest BCUT2D eigenvalue weighted by molar-refractivity contribution is 6.34. The van der Waals surface area contributed by atoms with Gasteiger partial charge in [-0.3, -0.25) is 9.59 Å². The normalized spacial score (nSPS) is 22.7. The predicted molar refractivity (Wildman–Crippen MR) is 72.6 cm³/mol. The smallest absolute Gasteiger partial charge is 0.325 e. The number of hydrogen-bond donors (Lipinski definition) is 2. The monoisotopic (exact) mass is 301 g/mol. The third-order valence-electron chi connectivity index (χ3n) is 3.17. The van der Waals surface area contributed by atoms with Crippen LogP contribution in [0.4, 0.5) is 0 Å². The number of rotatable bonds is 4. The Hall–Kier alpha value is -1.26. The van der Waals surface area contributed by atoms with E-state index in [0.29, 0.717) is 16.5 Å². The molecule has 6 heteroatoms. The van der Waals surface area contributed by atoms with Crippen LogP contribution in [0.3, 0.4) is 0 Å². The lowest BCUT2D eigenvalue weighted by molar-refractivity contribution is -0.141. The number of benzene rings is 1. The van der Waals surface area contributed by atoms with Crippen molar-refractivity contribution in [2.75, 3.05) is 0 Å².